The molecule has 0 fully saturated rings. The van der Waals surface area contributed by atoms with Crippen molar-refractivity contribution < 1.29 is 31.1 Å². The summed E-state index contributed by atoms with van der Waals surface area (Å²) in [5, 5.41) is 11.2. The van der Waals surface area contributed by atoms with Crippen molar-refractivity contribution in [2.75, 3.05) is 7.11 Å². The first kappa shape index (κ1) is 14.3. The Labute approximate surface area is 102 Å². The predicted molar refractivity (Wildman–Crippen MR) is 58.1 cm³/mol. The molecule has 0 radical (unpaired) electrons. The average Bonchev–Trinajstić information content (AvgIpc) is 2.20. The number of primary amides is 1. The second kappa shape index (κ2) is 6.68. The van der Waals surface area contributed by atoms with E-state index in [-0.39, 0.29) is 22.2 Å². The second-order valence-corrected chi connectivity index (χ2v) is 2.63. The molecule has 1 rings (SSSR count). The molecule has 0 heterocycles. The van der Waals surface area contributed by atoms with Crippen LogP contribution >= 0.6 is 0 Å². The zero-order chi connectivity index (χ0) is 11.3. The minimum absolute atomic E-state index is 0. The Morgan fingerprint density at radius 3 is 2.88 bits per heavy atom. The van der Waals surface area contributed by atoms with Gasteiger partial charge in [-0.25, -0.2) is 0 Å². The Morgan fingerprint density at radius 1 is 1.62 bits per heavy atom. The maximum absolute atomic E-state index is 8.54. The number of urea groups is 1. The molecule has 6 nitrogen and oxygen atoms in total. The Bertz CT molecular complexity index is 396. The second-order valence-electron chi connectivity index (χ2n) is 2.63. The van der Waals surface area contributed by atoms with Crippen LogP contribution < -0.4 is 10.5 Å². The summed E-state index contributed by atoms with van der Waals surface area (Å²) < 4.78 is 4.95. The van der Waals surface area contributed by atoms with Crippen LogP contribution in [-0.4, -0.2) is 29.3 Å². The molecule has 0 spiro atoms. The fourth-order valence-corrected chi connectivity index (χ4v) is 0.976. The molecule has 0 aromatic heterocycles. The van der Waals surface area contributed by atoms with E-state index in [1.165, 1.54) is 13.3 Å². The van der Waals surface area contributed by atoms with Crippen molar-refractivity contribution in [3.05, 3.63) is 29.2 Å². The molecule has 0 saturated carbocycles. The molecule has 88 valence electrons. The van der Waals surface area contributed by atoms with Crippen molar-refractivity contribution in [1.82, 2.24) is 0 Å². The van der Waals surface area contributed by atoms with Gasteiger partial charge in [-0.15, -0.1) is 0 Å². The third kappa shape index (κ3) is 3.78. The van der Waals surface area contributed by atoms with E-state index < -0.39 is 6.03 Å². The number of nitrogens with zero attached hydrogens (tertiary/aromatic N) is 2. The molecule has 0 aliphatic heterocycles. The van der Waals surface area contributed by atoms with Crippen molar-refractivity contribution in [3.63, 3.8) is 0 Å². The van der Waals surface area contributed by atoms with Gasteiger partial charge in [0.05, 0.1) is 12.7 Å². The molecule has 0 aliphatic carbocycles. The first-order valence-corrected chi connectivity index (χ1v) is 4.09. The molecule has 0 atom stereocenters. The number of rotatable bonds is 3. The Kier molecular flexibility index (Phi) is 5.96. The Hall–Kier alpha value is -1.75. The fraction of sp³-hybridized carbons (Fsp3) is 0.111. The standard InChI is InChI=1S/C9H11N3O3.Ni/c1-15-7-4-2-3-6(8(7)13)5-11-12-9(10)14;/h2-5H,1H3,(H4,10,11,12,13,14);/q;+2/p+1. The smallest absolute Gasteiger partial charge is 0.590 e. The molecule has 0 aliphatic rings. The van der Waals surface area contributed by atoms with Crippen LogP contribution in [0.15, 0.2) is 23.3 Å². The van der Waals surface area contributed by atoms with Gasteiger partial charge in [-0.05, 0) is 12.1 Å². The van der Waals surface area contributed by atoms with Gasteiger partial charge in [-0.1, -0.05) is 6.07 Å². The van der Waals surface area contributed by atoms with Crippen LogP contribution in [0, 0.1) is 0 Å². The average molecular weight is 269 g/mol. The predicted octanol–water partition coefficient (Wildman–Crippen LogP) is 0.257. The molecule has 5 N–H and O–H groups in total. The largest absolute Gasteiger partial charge is 2.00 e. The van der Waals surface area contributed by atoms with E-state index in [1.54, 1.807) is 18.2 Å². The first-order valence-electron chi connectivity index (χ1n) is 4.09. The van der Waals surface area contributed by atoms with Gasteiger partial charge in [0.1, 0.15) is 0 Å². The zero-order valence-corrected chi connectivity index (χ0v) is 9.44. The summed E-state index contributed by atoms with van der Waals surface area (Å²) in [6, 6.07) is 4.45. The van der Waals surface area contributed by atoms with Crippen LogP contribution in [0.25, 0.3) is 5.43 Å². The van der Waals surface area contributed by atoms with Crippen LogP contribution in [0.2, 0.25) is 0 Å². The molecule has 1 aromatic rings. The topological polar surface area (TPSA) is 106 Å². The van der Waals surface area contributed by atoms with E-state index in [4.69, 9.17) is 20.4 Å². The first-order chi connectivity index (χ1) is 7.15. The summed E-state index contributed by atoms with van der Waals surface area (Å²) in [6.07, 6.45) is 1.31. The maximum Gasteiger partial charge on any atom is 2.00 e. The SMILES string of the molecule is COc1cccc(C=N[N-]C(N)=[OH+])c1[OH2+].[Ni+2]. The number of carbonyl (C=O) groups excluding carboxylic acids is 1. The van der Waals surface area contributed by atoms with E-state index in [2.05, 4.69) is 10.5 Å². The minimum atomic E-state index is -0.624. The summed E-state index contributed by atoms with van der Waals surface area (Å²) in [5.74, 6) is 0.648. The molecule has 1 aromatic carbocycles. The molecule has 16 heavy (non-hydrogen) atoms. The molecule has 0 bridgehead atoms. The summed E-state index contributed by atoms with van der Waals surface area (Å²) in [6.45, 7) is 0. The monoisotopic (exact) mass is 268 g/mol. The quantitative estimate of drug-likeness (QED) is 0.361. The van der Waals surface area contributed by atoms with Gasteiger partial charge >= 0.3 is 28.3 Å². The van der Waals surface area contributed by atoms with E-state index in [9.17, 15) is 0 Å². The van der Waals surface area contributed by atoms with Crippen molar-refractivity contribution in [2.24, 2.45) is 10.8 Å². The van der Waals surface area contributed by atoms with Gasteiger partial charge in [0, 0.05) is 6.21 Å². The molecular formula is C9H12N3NiO3+3. The Morgan fingerprint density at radius 2 is 2.31 bits per heavy atom. The number of nitrogens with two attached hydrogens (primary N) is 1. The van der Waals surface area contributed by atoms with Crippen LogP contribution in [0.4, 0.5) is 0 Å². The van der Waals surface area contributed by atoms with Crippen molar-refractivity contribution in [2.45, 2.75) is 0 Å². The Balaban J connectivity index is 0.00000225. The fourth-order valence-electron chi connectivity index (χ4n) is 0.976. The molecule has 2 amide bonds. The van der Waals surface area contributed by atoms with Gasteiger partial charge in [0.2, 0.25) is 5.75 Å². The van der Waals surface area contributed by atoms with E-state index >= 15 is 0 Å². The number of benzene rings is 1. The number of hydrogen-bond acceptors (Lipinski definition) is 2. The zero-order valence-electron chi connectivity index (χ0n) is 8.45. The van der Waals surface area contributed by atoms with Gasteiger partial charge in [0.15, 0.2) is 0 Å². The molecular weight excluding hydrogens is 257 g/mol. The summed E-state index contributed by atoms with van der Waals surface area (Å²) in [5.41, 5.74) is 8.61. The normalized spacial score (nSPS) is 9.56. The summed E-state index contributed by atoms with van der Waals surface area (Å²) in [7, 11) is 1.48. The molecule has 0 saturated heterocycles. The van der Waals surface area contributed by atoms with E-state index in [0.29, 0.717) is 11.3 Å². The van der Waals surface area contributed by atoms with Gasteiger partial charge in [-0.3, -0.25) is 15.3 Å². The summed E-state index contributed by atoms with van der Waals surface area (Å²) >= 11 is 0. The van der Waals surface area contributed by atoms with Crippen LogP contribution in [-0.2, 0) is 16.5 Å². The summed E-state index contributed by atoms with van der Waals surface area (Å²) in [4.78, 5) is 8.54. The van der Waals surface area contributed by atoms with Crippen molar-refractivity contribution >= 4 is 12.2 Å². The number of methoxy groups -OCH3 is 1. The molecule has 0 unspecified atom stereocenters. The van der Waals surface area contributed by atoms with E-state index in [0.717, 1.165) is 0 Å². The van der Waals surface area contributed by atoms with Crippen molar-refractivity contribution in [1.29, 1.82) is 0 Å². The third-order valence-electron chi connectivity index (χ3n) is 1.64. The van der Waals surface area contributed by atoms with E-state index in [1.807, 2.05) is 0 Å². The number of hydrogen-bond donors (Lipinski definition) is 1. The van der Waals surface area contributed by atoms with Crippen molar-refractivity contribution in [3.8, 4) is 11.5 Å². The number of para-hydroxylation sites is 1. The van der Waals surface area contributed by atoms with Gasteiger partial charge < -0.3 is 15.6 Å². The maximum atomic E-state index is 8.54. The number of ether oxygens (including phenoxy) is 1. The van der Waals surface area contributed by atoms with Crippen LogP contribution in [0.1, 0.15) is 5.56 Å². The number of amides is 2. The third-order valence-corrected chi connectivity index (χ3v) is 1.64. The minimum Gasteiger partial charge on any atom is -0.590 e. The van der Waals surface area contributed by atoms with Gasteiger partial charge in [-0.2, -0.15) is 0 Å². The molecule has 7 heteroatoms. The van der Waals surface area contributed by atoms with Gasteiger partial charge in [0.25, 0.3) is 0 Å². The van der Waals surface area contributed by atoms with Crippen LogP contribution in [0.3, 0.4) is 0 Å². The van der Waals surface area contributed by atoms with Crippen LogP contribution in [0.5, 0.6) is 11.5 Å².